The normalized spacial score (nSPS) is 19.4. The Balaban J connectivity index is 1.50. The summed E-state index contributed by atoms with van der Waals surface area (Å²) in [5.41, 5.74) is 4.83. The Morgan fingerprint density at radius 1 is 1.16 bits per heavy atom. The summed E-state index contributed by atoms with van der Waals surface area (Å²) in [7, 11) is 0. The third kappa shape index (κ3) is 2.77. The molecule has 2 amide bonds. The summed E-state index contributed by atoms with van der Waals surface area (Å²) in [6.07, 6.45) is 7.51. The van der Waals surface area contributed by atoms with Crippen molar-refractivity contribution >= 4 is 11.8 Å². The van der Waals surface area contributed by atoms with Crippen molar-refractivity contribution in [3.8, 4) is 0 Å². The number of nitrogens with one attached hydrogen (secondary N) is 2. The second kappa shape index (κ2) is 5.03. The maximum absolute atomic E-state index is 11.8. The summed E-state index contributed by atoms with van der Waals surface area (Å²) in [6.45, 7) is 0. The molecular weight excluding hydrogens is 246 g/mol. The molecule has 2 saturated carbocycles. The van der Waals surface area contributed by atoms with Crippen LogP contribution in [0.2, 0.25) is 0 Å². The number of oxazole rings is 1. The molecule has 102 valence electrons. The largest absolute Gasteiger partial charge is 0.435 e. The first-order chi connectivity index (χ1) is 9.24. The molecule has 0 aromatic carbocycles. The zero-order chi connectivity index (χ0) is 13.2. The van der Waals surface area contributed by atoms with Crippen LogP contribution in [0, 0.1) is 5.92 Å². The number of carbonyl (C=O) groups excluding carboxylic acids is 2. The van der Waals surface area contributed by atoms with Crippen LogP contribution in [0.4, 0.5) is 0 Å². The number of carbonyl (C=O) groups is 2. The van der Waals surface area contributed by atoms with E-state index >= 15 is 0 Å². The maximum Gasteiger partial charge on any atom is 0.307 e. The van der Waals surface area contributed by atoms with E-state index in [-0.39, 0.29) is 17.6 Å². The molecule has 2 aliphatic carbocycles. The fraction of sp³-hybridized carbons (Fsp3) is 0.615. The SMILES string of the molecule is O=C(NNC(=O)C1CCCC1)c1cnc(C2CC2)o1. The van der Waals surface area contributed by atoms with Gasteiger partial charge < -0.3 is 4.42 Å². The highest BCUT2D eigenvalue weighted by Gasteiger charge is 2.29. The van der Waals surface area contributed by atoms with Crippen LogP contribution in [0.5, 0.6) is 0 Å². The molecule has 0 saturated heterocycles. The summed E-state index contributed by atoms with van der Waals surface area (Å²) < 4.78 is 5.35. The number of hydrogen-bond donors (Lipinski definition) is 2. The van der Waals surface area contributed by atoms with Gasteiger partial charge in [0, 0.05) is 11.8 Å². The van der Waals surface area contributed by atoms with Gasteiger partial charge in [-0.05, 0) is 25.7 Å². The molecule has 3 rings (SSSR count). The molecule has 6 nitrogen and oxygen atoms in total. The molecule has 1 aromatic heterocycles. The van der Waals surface area contributed by atoms with Gasteiger partial charge in [0.15, 0.2) is 5.89 Å². The highest BCUT2D eigenvalue weighted by molar-refractivity contribution is 5.92. The van der Waals surface area contributed by atoms with E-state index in [2.05, 4.69) is 15.8 Å². The minimum absolute atomic E-state index is 0.0250. The smallest absolute Gasteiger partial charge is 0.307 e. The standard InChI is InChI=1S/C13H17N3O3/c17-11(8-3-1-2-4-8)15-16-12(18)10-7-14-13(19-10)9-5-6-9/h7-9H,1-6H2,(H,15,17)(H,16,18). The topological polar surface area (TPSA) is 84.2 Å². The Labute approximate surface area is 110 Å². The van der Waals surface area contributed by atoms with Crippen molar-refractivity contribution in [2.45, 2.75) is 44.4 Å². The van der Waals surface area contributed by atoms with Gasteiger partial charge in [-0.15, -0.1) is 0 Å². The summed E-state index contributed by atoms with van der Waals surface area (Å²) in [4.78, 5) is 27.6. The Morgan fingerprint density at radius 3 is 2.58 bits per heavy atom. The molecule has 6 heteroatoms. The van der Waals surface area contributed by atoms with Crippen LogP contribution in [0.25, 0.3) is 0 Å². The van der Waals surface area contributed by atoms with Crippen LogP contribution >= 0.6 is 0 Å². The summed E-state index contributed by atoms with van der Waals surface area (Å²) >= 11 is 0. The third-order valence-corrected chi connectivity index (χ3v) is 3.70. The van der Waals surface area contributed by atoms with Gasteiger partial charge in [0.25, 0.3) is 0 Å². The van der Waals surface area contributed by atoms with E-state index in [4.69, 9.17) is 4.42 Å². The number of rotatable bonds is 3. The summed E-state index contributed by atoms with van der Waals surface area (Å²) in [5, 5.41) is 0. The minimum atomic E-state index is -0.453. The molecule has 2 aliphatic rings. The van der Waals surface area contributed by atoms with Crippen molar-refractivity contribution in [2.24, 2.45) is 5.92 Å². The van der Waals surface area contributed by atoms with Gasteiger partial charge in [-0.25, -0.2) is 4.98 Å². The van der Waals surface area contributed by atoms with Gasteiger partial charge in [0.05, 0.1) is 6.20 Å². The molecule has 0 aliphatic heterocycles. The Bertz CT molecular complexity index is 487. The van der Waals surface area contributed by atoms with Gasteiger partial charge in [0.1, 0.15) is 0 Å². The Hall–Kier alpha value is -1.85. The number of amides is 2. The molecule has 0 spiro atoms. The predicted octanol–water partition coefficient (Wildman–Crippen LogP) is 1.50. The van der Waals surface area contributed by atoms with Gasteiger partial charge in [-0.2, -0.15) is 0 Å². The van der Waals surface area contributed by atoms with E-state index in [9.17, 15) is 9.59 Å². The van der Waals surface area contributed by atoms with Crippen molar-refractivity contribution in [3.63, 3.8) is 0 Å². The average molecular weight is 263 g/mol. The Morgan fingerprint density at radius 2 is 1.89 bits per heavy atom. The minimum Gasteiger partial charge on any atom is -0.435 e. The number of hydrazine groups is 1. The van der Waals surface area contributed by atoms with Crippen molar-refractivity contribution in [1.29, 1.82) is 0 Å². The fourth-order valence-corrected chi connectivity index (χ4v) is 2.38. The molecule has 0 radical (unpaired) electrons. The highest BCUT2D eigenvalue weighted by Crippen LogP contribution is 2.39. The first-order valence-corrected chi connectivity index (χ1v) is 6.80. The lowest BCUT2D eigenvalue weighted by Gasteiger charge is -2.10. The first-order valence-electron chi connectivity index (χ1n) is 6.80. The lowest BCUT2D eigenvalue weighted by Crippen LogP contribution is -2.44. The van der Waals surface area contributed by atoms with Crippen LogP contribution in [-0.2, 0) is 4.79 Å². The lowest BCUT2D eigenvalue weighted by molar-refractivity contribution is -0.125. The fourth-order valence-electron chi connectivity index (χ4n) is 2.38. The molecule has 0 unspecified atom stereocenters. The van der Waals surface area contributed by atoms with Gasteiger partial charge in [-0.1, -0.05) is 12.8 Å². The molecule has 1 aromatic rings. The molecule has 2 fully saturated rings. The molecule has 0 bridgehead atoms. The van der Waals surface area contributed by atoms with Crippen LogP contribution < -0.4 is 10.9 Å². The van der Waals surface area contributed by atoms with E-state index in [1.165, 1.54) is 6.20 Å². The zero-order valence-corrected chi connectivity index (χ0v) is 10.6. The number of hydrogen-bond acceptors (Lipinski definition) is 4. The van der Waals surface area contributed by atoms with E-state index in [1.54, 1.807) is 0 Å². The number of aromatic nitrogens is 1. The monoisotopic (exact) mass is 263 g/mol. The van der Waals surface area contributed by atoms with Crippen molar-refractivity contribution in [2.75, 3.05) is 0 Å². The molecular formula is C13H17N3O3. The van der Waals surface area contributed by atoms with Crippen molar-refractivity contribution in [1.82, 2.24) is 15.8 Å². The van der Waals surface area contributed by atoms with E-state index in [0.717, 1.165) is 38.5 Å². The quantitative estimate of drug-likeness (QED) is 0.809. The maximum atomic E-state index is 11.8. The average Bonchev–Trinajstić information content (AvgIpc) is 2.96. The van der Waals surface area contributed by atoms with E-state index in [1.807, 2.05) is 0 Å². The summed E-state index contributed by atoms with van der Waals surface area (Å²) in [5.74, 6) is 0.589. The molecule has 0 atom stereocenters. The summed E-state index contributed by atoms with van der Waals surface area (Å²) in [6, 6.07) is 0. The van der Waals surface area contributed by atoms with Crippen LogP contribution in [0.15, 0.2) is 10.6 Å². The molecule has 1 heterocycles. The first kappa shape index (κ1) is 12.2. The second-order valence-corrected chi connectivity index (χ2v) is 5.26. The van der Waals surface area contributed by atoms with Crippen LogP contribution in [0.1, 0.15) is 60.9 Å². The van der Waals surface area contributed by atoms with Gasteiger partial charge in [0.2, 0.25) is 11.7 Å². The predicted molar refractivity (Wildman–Crippen MR) is 66.0 cm³/mol. The van der Waals surface area contributed by atoms with Crippen molar-refractivity contribution < 1.29 is 14.0 Å². The number of nitrogens with zero attached hydrogens (tertiary/aromatic N) is 1. The van der Waals surface area contributed by atoms with Crippen LogP contribution in [0.3, 0.4) is 0 Å². The van der Waals surface area contributed by atoms with E-state index < -0.39 is 5.91 Å². The van der Waals surface area contributed by atoms with Crippen LogP contribution in [-0.4, -0.2) is 16.8 Å². The van der Waals surface area contributed by atoms with Gasteiger partial charge >= 0.3 is 5.91 Å². The van der Waals surface area contributed by atoms with Gasteiger partial charge in [-0.3, -0.25) is 20.4 Å². The van der Waals surface area contributed by atoms with Crippen molar-refractivity contribution in [3.05, 3.63) is 17.8 Å². The Kier molecular flexibility index (Phi) is 3.23. The second-order valence-electron chi connectivity index (χ2n) is 5.26. The zero-order valence-electron chi connectivity index (χ0n) is 10.6. The van der Waals surface area contributed by atoms with E-state index in [0.29, 0.717) is 11.8 Å². The molecule has 2 N–H and O–H groups in total. The highest BCUT2D eigenvalue weighted by atomic mass is 16.4. The third-order valence-electron chi connectivity index (χ3n) is 3.70. The lowest BCUT2D eigenvalue weighted by atomic mass is 10.1. The molecule has 19 heavy (non-hydrogen) atoms.